The molecule has 0 spiro atoms. The van der Waals surface area contributed by atoms with E-state index in [1.165, 1.54) is 64.2 Å². The standard InChI is InChI=1S/C12H27N.HO3P/c1-2-3-4-5-6-7-8-9-10-11-12-13;1-4(2)3/h2-13H2,1H3;(H-,1,2,3)/p+1. The molecule has 0 saturated carbocycles. The van der Waals surface area contributed by atoms with Gasteiger partial charge in [-0.25, -0.2) is 0 Å². The van der Waals surface area contributed by atoms with Crippen molar-refractivity contribution in [2.45, 2.75) is 71.1 Å². The topological polar surface area (TPSA) is 83.6 Å². The van der Waals surface area contributed by atoms with Gasteiger partial charge in [-0.1, -0.05) is 64.7 Å². The molecule has 0 aromatic carbocycles. The molecule has 17 heavy (non-hydrogen) atoms. The summed E-state index contributed by atoms with van der Waals surface area (Å²) in [4.78, 5) is 14.2. The van der Waals surface area contributed by atoms with E-state index in [0.29, 0.717) is 0 Å². The molecular formula is C12H29NO3P+. The first-order chi connectivity index (χ1) is 8.15. The Labute approximate surface area is 107 Å². The van der Waals surface area contributed by atoms with Crippen LogP contribution in [0.5, 0.6) is 0 Å². The van der Waals surface area contributed by atoms with Crippen LogP contribution in [0.1, 0.15) is 71.1 Å². The summed E-state index contributed by atoms with van der Waals surface area (Å²) in [6, 6.07) is 0. The molecule has 4 nitrogen and oxygen atoms in total. The first-order valence-electron chi connectivity index (χ1n) is 6.70. The van der Waals surface area contributed by atoms with Crippen LogP contribution in [0.15, 0.2) is 0 Å². The third kappa shape index (κ3) is 31.4. The van der Waals surface area contributed by atoms with Crippen molar-refractivity contribution in [1.29, 1.82) is 0 Å². The molecule has 0 bridgehead atoms. The maximum absolute atomic E-state index is 8.70. The number of hydrogen-bond acceptors (Lipinski definition) is 2. The quantitative estimate of drug-likeness (QED) is 0.417. The average Bonchev–Trinajstić information content (AvgIpc) is 2.26. The van der Waals surface area contributed by atoms with E-state index in [1.807, 2.05) is 0 Å². The molecule has 104 valence electrons. The number of nitrogens with two attached hydrogens (primary N) is 1. The Kier molecular flexibility index (Phi) is 20.9. The van der Waals surface area contributed by atoms with Crippen LogP contribution < -0.4 is 5.73 Å². The normalized spacial score (nSPS) is 9.65. The predicted octanol–water partition coefficient (Wildman–Crippen LogP) is 3.49. The Morgan fingerprint density at radius 1 is 0.824 bits per heavy atom. The van der Waals surface area contributed by atoms with Gasteiger partial charge in [0.2, 0.25) is 0 Å². The van der Waals surface area contributed by atoms with Crippen LogP contribution in [-0.2, 0) is 4.57 Å². The zero-order chi connectivity index (χ0) is 13.4. The summed E-state index contributed by atoms with van der Waals surface area (Å²) in [5.74, 6) is 0. The van der Waals surface area contributed by atoms with Crippen molar-refractivity contribution in [1.82, 2.24) is 0 Å². The Balaban J connectivity index is 0. The predicted molar refractivity (Wildman–Crippen MR) is 72.9 cm³/mol. The van der Waals surface area contributed by atoms with Gasteiger partial charge >= 0.3 is 8.25 Å². The van der Waals surface area contributed by atoms with Crippen molar-refractivity contribution in [3.8, 4) is 0 Å². The molecule has 5 heteroatoms. The van der Waals surface area contributed by atoms with Gasteiger partial charge in [0.1, 0.15) is 0 Å². The smallest absolute Gasteiger partial charge is 0.330 e. The fourth-order valence-corrected chi connectivity index (χ4v) is 1.63. The van der Waals surface area contributed by atoms with Crippen LogP contribution in [0, 0.1) is 0 Å². The highest BCUT2D eigenvalue weighted by Crippen LogP contribution is 2.09. The first-order valence-corrected chi connectivity index (χ1v) is 7.86. The molecule has 0 aliphatic rings. The maximum Gasteiger partial charge on any atom is 0.692 e. The fourth-order valence-electron chi connectivity index (χ4n) is 1.63. The van der Waals surface area contributed by atoms with E-state index >= 15 is 0 Å². The van der Waals surface area contributed by atoms with Crippen molar-refractivity contribution in [2.75, 3.05) is 6.54 Å². The molecule has 0 aliphatic carbocycles. The van der Waals surface area contributed by atoms with E-state index in [0.717, 1.165) is 6.54 Å². The van der Waals surface area contributed by atoms with Crippen molar-refractivity contribution in [3.05, 3.63) is 0 Å². The second-order valence-corrected chi connectivity index (χ2v) is 4.73. The zero-order valence-corrected chi connectivity index (χ0v) is 12.0. The first kappa shape index (κ1) is 19.3. The van der Waals surface area contributed by atoms with Gasteiger partial charge in [0, 0.05) is 4.57 Å². The van der Waals surface area contributed by atoms with Crippen LogP contribution in [0.2, 0.25) is 0 Å². The number of unbranched alkanes of at least 4 members (excludes halogenated alkanes) is 9. The van der Waals surface area contributed by atoms with E-state index < -0.39 is 8.25 Å². The summed E-state index contributed by atoms with van der Waals surface area (Å²) in [6.45, 7) is 3.14. The van der Waals surface area contributed by atoms with Gasteiger partial charge in [0.25, 0.3) is 0 Å². The molecule has 0 aromatic heterocycles. The van der Waals surface area contributed by atoms with Gasteiger partial charge in [0.15, 0.2) is 0 Å². The minimum Gasteiger partial charge on any atom is -0.330 e. The van der Waals surface area contributed by atoms with Crippen LogP contribution in [0.3, 0.4) is 0 Å². The lowest BCUT2D eigenvalue weighted by atomic mass is 10.1. The minimum atomic E-state index is -2.87. The molecular weight excluding hydrogens is 237 g/mol. The molecule has 0 heterocycles. The third-order valence-electron chi connectivity index (χ3n) is 2.56. The van der Waals surface area contributed by atoms with E-state index in [-0.39, 0.29) is 0 Å². The van der Waals surface area contributed by atoms with E-state index in [2.05, 4.69) is 6.92 Å². The van der Waals surface area contributed by atoms with E-state index in [9.17, 15) is 0 Å². The molecule has 0 aromatic rings. The largest absolute Gasteiger partial charge is 0.692 e. The van der Waals surface area contributed by atoms with Crippen molar-refractivity contribution in [3.63, 3.8) is 0 Å². The fraction of sp³-hybridized carbons (Fsp3) is 1.00. The highest BCUT2D eigenvalue weighted by molar-refractivity contribution is 7.30. The monoisotopic (exact) mass is 266 g/mol. The Hall–Kier alpha value is -0.0200. The van der Waals surface area contributed by atoms with E-state index in [4.69, 9.17) is 20.1 Å². The molecule has 0 atom stereocenters. The molecule has 0 amide bonds. The summed E-state index contributed by atoms with van der Waals surface area (Å²) < 4.78 is 8.70. The summed E-state index contributed by atoms with van der Waals surface area (Å²) >= 11 is 0. The Bertz CT molecular complexity index is 143. The summed E-state index contributed by atoms with van der Waals surface area (Å²) in [5.41, 5.74) is 5.42. The lowest BCUT2D eigenvalue weighted by Gasteiger charge is -2.00. The highest BCUT2D eigenvalue weighted by atomic mass is 31.1. The van der Waals surface area contributed by atoms with Crippen LogP contribution in [-0.4, -0.2) is 16.3 Å². The third-order valence-corrected chi connectivity index (χ3v) is 2.56. The van der Waals surface area contributed by atoms with Gasteiger partial charge in [-0.3, -0.25) is 0 Å². The van der Waals surface area contributed by atoms with Gasteiger partial charge in [-0.05, 0) is 13.0 Å². The summed E-state index contributed by atoms with van der Waals surface area (Å²) in [6.07, 6.45) is 13.9. The summed E-state index contributed by atoms with van der Waals surface area (Å²) in [7, 11) is -2.87. The minimum absolute atomic E-state index is 0.872. The second kappa shape index (κ2) is 18.3. The molecule has 4 N–H and O–H groups in total. The van der Waals surface area contributed by atoms with Crippen LogP contribution >= 0.6 is 8.25 Å². The molecule has 0 radical (unpaired) electrons. The van der Waals surface area contributed by atoms with Gasteiger partial charge < -0.3 is 5.73 Å². The lowest BCUT2D eigenvalue weighted by Crippen LogP contribution is -1.97. The van der Waals surface area contributed by atoms with Gasteiger partial charge in [0.05, 0.1) is 0 Å². The lowest BCUT2D eigenvalue weighted by molar-refractivity contribution is 0.405. The van der Waals surface area contributed by atoms with Gasteiger partial charge in [-0.2, -0.15) is 0 Å². The van der Waals surface area contributed by atoms with Gasteiger partial charge in [-0.15, -0.1) is 9.79 Å². The summed E-state index contributed by atoms with van der Waals surface area (Å²) in [5, 5.41) is 0. The SMILES string of the molecule is CCCCCCCCCCCCN.O=[P+](O)O. The maximum atomic E-state index is 8.70. The highest BCUT2D eigenvalue weighted by Gasteiger charge is 1.93. The van der Waals surface area contributed by atoms with Crippen molar-refractivity contribution in [2.24, 2.45) is 5.73 Å². The van der Waals surface area contributed by atoms with Crippen LogP contribution in [0.25, 0.3) is 0 Å². The average molecular weight is 266 g/mol. The van der Waals surface area contributed by atoms with E-state index in [1.54, 1.807) is 0 Å². The Morgan fingerprint density at radius 3 is 1.41 bits per heavy atom. The zero-order valence-electron chi connectivity index (χ0n) is 11.1. The number of rotatable bonds is 10. The second-order valence-electron chi connectivity index (χ2n) is 4.22. The molecule has 0 saturated heterocycles. The molecule has 0 fully saturated rings. The Morgan fingerprint density at radius 2 is 1.12 bits per heavy atom. The van der Waals surface area contributed by atoms with Crippen LogP contribution in [0.4, 0.5) is 0 Å². The number of hydrogen-bond donors (Lipinski definition) is 3. The van der Waals surface area contributed by atoms with Crippen molar-refractivity contribution >= 4 is 8.25 Å². The molecule has 0 rings (SSSR count). The van der Waals surface area contributed by atoms with Crippen molar-refractivity contribution < 1.29 is 14.4 Å². The molecule has 0 unspecified atom stereocenters. The molecule has 0 aliphatic heterocycles.